The molecule has 3 heteroatoms. The van der Waals surface area contributed by atoms with Gasteiger partial charge in [0.1, 0.15) is 0 Å². The van der Waals surface area contributed by atoms with Crippen molar-refractivity contribution in [2.45, 2.75) is 52.1 Å². The molecule has 3 N–H and O–H groups in total. The van der Waals surface area contributed by atoms with Crippen molar-refractivity contribution < 1.29 is 9.84 Å². The Morgan fingerprint density at radius 2 is 1.94 bits per heavy atom. The van der Waals surface area contributed by atoms with E-state index in [-0.39, 0.29) is 11.5 Å². The second-order valence-electron chi connectivity index (χ2n) is 6.80. The fourth-order valence-electron chi connectivity index (χ4n) is 3.35. The average molecular weight is 241 g/mol. The van der Waals surface area contributed by atoms with Gasteiger partial charge in [-0.25, -0.2) is 0 Å². The molecule has 2 fully saturated rings. The van der Waals surface area contributed by atoms with Gasteiger partial charge >= 0.3 is 0 Å². The fourth-order valence-corrected chi connectivity index (χ4v) is 3.35. The monoisotopic (exact) mass is 241 g/mol. The summed E-state index contributed by atoms with van der Waals surface area (Å²) in [7, 11) is 0. The first-order valence-corrected chi connectivity index (χ1v) is 6.95. The molecule has 2 unspecified atom stereocenters. The van der Waals surface area contributed by atoms with Crippen molar-refractivity contribution in [1.82, 2.24) is 0 Å². The number of hydrogen-bond donors (Lipinski definition) is 2. The Balaban J connectivity index is 2.04. The second kappa shape index (κ2) is 4.87. The zero-order chi connectivity index (χ0) is 12.5. The maximum atomic E-state index is 10.6. The highest BCUT2D eigenvalue weighted by atomic mass is 16.5. The Hall–Kier alpha value is -0.120. The Morgan fingerprint density at radius 3 is 2.41 bits per heavy atom. The minimum Gasteiger partial charge on any atom is -0.392 e. The number of aliphatic hydroxyl groups is 1. The van der Waals surface area contributed by atoms with Gasteiger partial charge in [0.2, 0.25) is 0 Å². The third kappa shape index (κ3) is 2.67. The van der Waals surface area contributed by atoms with Crippen LogP contribution in [0.15, 0.2) is 0 Å². The summed E-state index contributed by atoms with van der Waals surface area (Å²) in [4.78, 5) is 0. The van der Waals surface area contributed by atoms with Crippen LogP contribution in [0.3, 0.4) is 0 Å². The maximum Gasteiger partial charge on any atom is 0.0659 e. The first-order chi connectivity index (χ1) is 7.99. The van der Waals surface area contributed by atoms with Crippen molar-refractivity contribution in [3.05, 3.63) is 0 Å². The van der Waals surface area contributed by atoms with Crippen LogP contribution in [-0.2, 0) is 4.74 Å². The lowest BCUT2D eigenvalue weighted by atomic mass is 9.61. The highest BCUT2D eigenvalue weighted by molar-refractivity contribution is 4.97. The van der Waals surface area contributed by atoms with Gasteiger partial charge in [0.05, 0.1) is 12.7 Å². The van der Waals surface area contributed by atoms with E-state index in [2.05, 4.69) is 13.8 Å². The predicted octanol–water partition coefficient (Wildman–Crippen LogP) is 1.93. The number of hydrogen-bond acceptors (Lipinski definition) is 3. The first-order valence-electron chi connectivity index (χ1n) is 6.95. The van der Waals surface area contributed by atoms with E-state index in [9.17, 15) is 5.11 Å². The standard InChI is InChI=1S/C14H27NO2/c1-13(2)4-6-14(10-15,7-5-13)12(16)11-3-8-17-9-11/h11-12,16H,3-10,15H2,1-2H3. The molecular weight excluding hydrogens is 214 g/mol. The summed E-state index contributed by atoms with van der Waals surface area (Å²) < 4.78 is 5.40. The van der Waals surface area contributed by atoms with E-state index < -0.39 is 0 Å². The summed E-state index contributed by atoms with van der Waals surface area (Å²) in [6, 6.07) is 0. The Kier molecular flexibility index (Phi) is 3.81. The van der Waals surface area contributed by atoms with E-state index in [1.54, 1.807) is 0 Å². The molecule has 17 heavy (non-hydrogen) atoms. The SMILES string of the molecule is CC1(C)CCC(CN)(C(O)C2CCOC2)CC1. The van der Waals surface area contributed by atoms with Crippen LogP contribution in [0.25, 0.3) is 0 Å². The molecule has 1 heterocycles. The highest BCUT2D eigenvalue weighted by Gasteiger charge is 2.45. The summed E-state index contributed by atoms with van der Waals surface area (Å²) in [5.41, 5.74) is 6.37. The van der Waals surface area contributed by atoms with Crippen LogP contribution in [0.4, 0.5) is 0 Å². The molecule has 0 bridgehead atoms. The summed E-state index contributed by atoms with van der Waals surface area (Å²) >= 11 is 0. The van der Waals surface area contributed by atoms with Crippen molar-refractivity contribution in [3.63, 3.8) is 0 Å². The van der Waals surface area contributed by atoms with Crippen LogP contribution >= 0.6 is 0 Å². The van der Waals surface area contributed by atoms with Gasteiger partial charge in [-0.15, -0.1) is 0 Å². The molecule has 0 aromatic rings. The number of nitrogens with two attached hydrogens (primary N) is 1. The van der Waals surface area contributed by atoms with Crippen LogP contribution in [0.5, 0.6) is 0 Å². The summed E-state index contributed by atoms with van der Waals surface area (Å²) in [6.45, 7) is 6.76. The molecule has 0 radical (unpaired) electrons. The van der Waals surface area contributed by atoms with Gasteiger partial charge < -0.3 is 15.6 Å². The molecule has 1 saturated carbocycles. The van der Waals surface area contributed by atoms with Gasteiger partial charge in [0, 0.05) is 24.5 Å². The minimum atomic E-state index is -0.272. The average Bonchev–Trinajstić information content (AvgIpc) is 2.82. The fraction of sp³-hybridized carbons (Fsp3) is 1.00. The lowest BCUT2D eigenvalue weighted by molar-refractivity contribution is -0.0553. The van der Waals surface area contributed by atoms with E-state index in [1.807, 2.05) is 0 Å². The van der Waals surface area contributed by atoms with Crippen molar-refractivity contribution >= 4 is 0 Å². The third-order valence-electron chi connectivity index (χ3n) is 5.04. The Bertz CT molecular complexity index is 249. The predicted molar refractivity (Wildman–Crippen MR) is 68.7 cm³/mol. The van der Waals surface area contributed by atoms with Gasteiger partial charge in [-0.1, -0.05) is 13.8 Å². The van der Waals surface area contributed by atoms with E-state index in [0.29, 0.717) is 24.5 Å². The largest absolute Gasteiger partial charge is 0.392 e. The zero-order valence-electron chi connectivity index (χ0n) is 11.2. The number of ether oxygens (including phenoxy) is 1. The lowest BCUT2D eigenvalue weighted by Gasteiger charge is -2.47. The zero-order valence-corrected chi connectivity index (χ0v) is 11.2. The third-order valence-corrected chi connectivity index (χ3v) is 5.04. The van der Waals surface area contributed by atoms with Gasteiger partial charge in [0.25, 0.3) is 0 Å². The van der Waals surface area contributed by atoms with E-state index in [1.165, 1.54) is 12.8 Å². The molecular formula is C14H27NO2. The Labute approximate surface area is 105 Å². The van der Waals surface area contributed by atoms with Crippen molar-refractivity contribution in [2.75, 3.05) is 19.8 Å². The smallest absolute Gasteiger partial charge is 0.0659 e. The summed E-state index contributed by atoms with van der Waals surface area (Å²) in [6.07, 6.45) is 5.20. The summed E-state index contributed by atoms with van der Waals surface area (Å²) in [5, 5.41) is 10.6. The highest BCUT2D eigenvalue weighted by Crippen LogP contribution is 2.48. The molecule has 100 valence electrons. The molecule has 1 aliphatic carbocycles. The second-order valence-corrected chi connectivity index (χ2v) is 6.80. The lowest BCUT2D eigenvalue weighted by Crippen LogP contribution is -2.49. The topological polar surface area (TPSA) is 55.5 Å². The quantitative estimate of drug-likeness (QED) is 0.794. The van der Waals surface area contributed by atoms with Crippen LogP contribution < -0.4 is 5.73 Å². The van der Waals surface area contributed by atoms with Crippen LogP contribution in [0.2, 0.25) is 0 Å². The normalized spacial score (nSPS) is 33.5. The molecule has 1 saturated heterocycles. The molecule has 1 aliphatic heterocycles. The molecule has 0 spiro atoms. The van der Waals surface area contributed by atoms with Crippen molar-refractivity contribution in [3.8, 4) is 0 Å². The molecule has 2 aliphatic rings. The first kappa shape index (κ1) is 13.3. The molecule has 0 aromatic carbocycles. The number of rotatable bonds is 3. The maximum absolute atomic E-state index is 10.6. The van der Waals surface area contributed by atoms with Gasteiger partial charge in [-0.05, 0) is 37.5 Å². The number of aliphatic hydroxyl groups excluding tert-OH is 1. The summed E-state index contributed by atoms with van der Waals surface area (Å²) in [5.74, 6) is 0.305. The molecule has 2 rings (SSSR count). The van der Waals surface area contributed by atoms with Crippen LogP contribution in [0, 0.1) is 16.7 Å². The van der Waals surface area contributed by atoms with Gasteiger partial charge in [-0.3, -0.25) is 0 Å². The van der Waals surface area contributed by atoms with Crippen LogP contribution in [-0.4, -0.2) is 31.0 Å². The van der Waals surface area contributed by atoms with E-state index in [0.717, 1.165) is 25.9 Å². The van der Waals surface area contributed by atoms with Crippen molar-refractivity contribution in [1.29, 1.82) is 0 Å². The Morgan fingerprint density at radius 1 is 1.29 bits per heavy atom. The molecule has 0 aromatic heterocycles. The molecule has 3 nitrogen and oxygen atoms in total. The van der Waals surface area contributed by atoms with Crippen LogP contribution in [0.1, 0.15) is 46.0 Å². The molecule has 0 amide bonds. The molecule has 2 atom stereocenters. The van der Waals surface area contributed by atoms with E-state index in [4.69, 9.17) is 10.5 Å². The van der Waals surface area contributed by atoms with E-state index >= 15 is 0 Å². The van der Waals surface area contributed by atoms with Gasteiger partial charge in [-0.2, -0.15) is 0 Å². The van der Waals surface area contributed by atoms with Crippen molar-refractivity contribution in [2.24, 2.45) is 22.5 Å². The minimum absolute atomic E-state index is 0.0477. The van der Waals surface area contributed by atoms with Gasteiger partial charge in [0.15, 0.2) is 0 Å².